The van der Waals surface area contributed by atoms with Gasteiger partial charge in [-0.15, -0.1) is 0 Å². The second kappa shape index (κ2) is 11.8. The zero-order valence-electron chi connectivity index (χ0n) is 21.4. The first-order valence-electron chi connectivity index (χ1n) is 13.0. The van der Waals surface area contributed by atoms with E-state index in [0.29, 0.717) is 12.8 Å². The number of ether oxygens (including phenoxy) is 1. The number of carboxylic acids is 1. The van der Waals surface area contributed by atoms with Crippen molar-refractivity contribution in [3.8, 4) is 5.75 Å². The third-order valence-electron chi connectivity index (χ3n) is 7.82. The Morgan fingerprint density at radius 3 is 2.61 bits per heavy atom. The molecule has 1 aromatic heterocycles. The minimum Gasteiger partial charge on any atom is -0.497 e. The van der Waals surface area contributed by atoms with Gasteiger partial charge in [0.25, 0.3) is 0 Å². The molecule has 0 radical (unpaired) electrons. The van der Waals surface area contributed by atoms with Crippen LogP contribution in [-0.2, 0) is 11.2 Å². The monoisotopic (exact) mass is 490 g/mol. The highest BCUT2D eigenvalue weighted by Crippen LogP contribution is 2.42. The molecule has 1 atom stereocenters. The molecule has 3 aromatic rings. The number of fused-ring (bicyclic) bond motifs is 1. The molecule has 0 saturated carbocycles. The van der Waals surface area contributed by atoms with E-state index in [-0.39, 0.29) is 11.8 Å². The summed E-state index contributed by atoms with van der Waals surface area (Å²) in [4.78, 5) is 18.8. The van der Waals surface area contributed by atoms with Crippen LogP contribution in [0.4, 0.5) is 0 Å². The Bertz CT molecular complexity index is 1160. The Labute approximate surface area is 213 Å². The number of carbonyl (C=O) groups is 1. The zero-order chi connectivity index (χ0) is 25.5. The third-order valence-corrected chi connectivity index (χ3v) is 7.82. The predicted molar refractivity (Wildman–Crippen MR) is 142 cm³/mol. The number of carboxylic acid groups (broad SMARTS) is 1. The normalized spacial score (nSPS) is 16.6. The number of hydrogen-bond donors (Lipinski definition) is 2. The SMILES string of the molecule is COc1ccc2ncc(C)c([C@@H](O)CCC3(CC(=O)O)CCN(CCCc4ccccc4)CC3)c2c1. The van der Waals surface area contributed by atoms with Crippen LogP contribution in [-0.4, -0.2) is 52.8 Å². The number of aliphatic hydroxyl groups excluding tert-OH is 1. The van der Waals surface area contributed by atoms with E-state index in [1.165, 1.54) is 5.56 Å². The van der Waals surface area contributed by atoms with E-state index < -0.39 is 12.1 Å². The van der Waals surface area contributed by atoms with Gasteiger partial charge in [0.2, 0.25) is 0 Å². The van der Waals surface area contributed by atoms with Crippen LogP contribution in [0, 0.1) is 12.3 Å². The average Bonchev–Trinajstić information content (AvgIpc) is 2.88. The molecule has 192 valence electrons. The fraction of sp³-hybridized carbons (Fsp3) is 0.467. The molecule has 4 rings (SSSR count). The van der Waals surface area contributed by atoms with Gasteiger partial charge >= 0.3 is 5.97 Å². The van der Waals surface area contributed by atoms with E-state index in [2.05, 4.69) is 34.1 Å². The number of methoxy groups -OCH3 is 1. The summed E-state index contributed by atoms with van der Waals surface area (Å²) in [5.74, 6) is -0.0253. The van der Waals surface area contributed by atoms with Crippen molar-refractivity contribution in [3.63, 3.8) is 0 Å². The molecular weight excluding hydrogens is 452 g/mol. The number of piperidine rings is 1. The average molecular weight is 491 g/mol. The molecule has 1 saturated heterocycles. The molecule has 2 aromatic carbocycles. The Morgan fingerprint density at radius 1 is 1.17 bits per heavy atom. The maximum Gasteiger partial charge on any atom is 0.303 e. The molecule has 36 heavy (non-hydrogen) atoms. The molecule has 2 heterocycles. The molecule has 0 bridgehead atoms. The number of aryl methyl sites for hydroxylation is 2. The van der Waals surface area contributed by atoms with Crippen LogP contribution in [0.1, 0.15) is 61.3 Å². The van der Waals surface area contributed by atoms with Crippen molar-refractivity contribution in [1.82, 2.24) is 9.88 Å². The molecule has 0 aliphatic carbocycles. The molecule has 6 heteroatoms. The summed E-state index contributed by atoms with van der Waals surface area (Å²) in [6.07, 6.45) is 6.35. The first kappa shape index (κ1) is 26.1. The van der Waals surface area contributed by atoms with Crippen molar-refractivity contribution in [1.29, 1.82) is 0 Å². The summed E-state index contributed by atoms with van der Waals surface area (Å²) in [5, 5.41) is 21.9. The number of pyridine rings is 1. The predicted octanol–water partition coefficient (Wildman–Crippen LogP) is 5.56. The van der Waals surface area contributed by atoms with Gasteiger partial charge < -0.3 is 19.8 Å². The maximum atomic E-state index is 11.8. The van der Waals surface area contributed by atoms with Crippen LogP contribution < -0.4 is 4.74 Å². The van der Waals surface area contributed by atoms with E-state index in [1.807, 2.05) is 31.2 Å². The van der Waals surface area contributed by atoms with Crippen molar-refractivity contribution < 1.29 is 19.7 Å². The van der Waals surface area contributed by atoms with Crippen LogP contribution in [0.3, 0.4) is 0 Å². The van der Waals surface area contributed by atoms with Gasteiger partial charge in [-0.2, -0.15) is 0 Å². The van der Waals surface area contributed by atoms with Gasteiger partial charge in [-0.1, -0.05) is 30.3 Å². The van der Waals surface area contributed by atoms with Crippen molar-refractivity contribution in [2.45, 2.75) is 58.0 Å². The number of rotatable bonds is 11. The van der Waals surface area contributed by atoms with Gasteiger partial charge in [-0.05, 0) is 105 Å². The fourth-order valence-corrected chi connectivity index (χ4v) is 5.69. The van der Waals surface area contributed by atoms with E-state index in [1.54, 1.807) is 13.3 Å². The highest BCUT2D eigenvalue weighted by atomic mass is 16.5. The molecule has 1 fully saturated rings. The van der Waals surface area contributed by atoms with Crippen molar-refractivity contribution in [3.05, 3.63) is 71.4 Å². The number of benzene rings is 2. The van der Waals surface area contributed by atoms with Crippen LogP contribution >= 0.6 is 0 Å². The maximum absolute atomic E-state index is 11.8. The fourth-order valence-electron chi connectivity index (χ4n) is 5.69. The van der Waals surface area contributed by atoms with Crippen LogP contribution in [0.2, 0.25) is 0 Å². The largest absolute Gasteiger partial charge is 0.497 e. The second-order valence-corrected chi connectivity index (χ2v) is 10.3. The van der Waals surface area contributed by atoms with Crippen molar-refractivity contribution in [2.24, 2.45) is 5.41 Å². The van der Waals surface area contributed by atoms with E-state index in [4.69, 9.17) is 4.74 Å². The van der Waals surface area contributed by atoms with Gasteiger partial charge in [0, 0.05) is 11.6 Å². The van der Waals surface area contributed by atoms with Crippen LogP contribution in [0.5, 0.6) is 5.75 Å². The zero-order valence-corrected chi connectivity index (χ0v) is 21.4. The minimum absolute atomic E-state index is 0.154. The lowest BCUT2D eigenvalue weighted by Crippen LogP contribution is -2.41. The van der Waals surface area contributed by atoms with E-state index in [9.17, 15) is 15.0 Å². The molecule has 1 aliphatic rings. The molecule has 2 N–H and O–H groups in total. The summed E-state index contributed by atoms with van der Waals surface area (Å²) in [6, 6.07) is 16.2. The molecule has 0 spiro atoms. The van der Waals surface area contributed by atoms with Crippen LogP contribution in [0.25, 0.3) is 10.9 Å². The smallest absolute Gasteiger partial charge is 0.303 e. The first-order chi connectivity index (χ1) is 17.4. The summed E-state index contributed by atoms with van der Waals surface area (Å²) in [5.41, 5.74) is 3.70. The Morgan fingerprint density at radius 2 is 1.92 bits per heavy atom. The van der Waals surface area contributed by atoms with Gasteiger partial charge in [-0.3, -0.25) is 9.78 Å². The molecule has 0 amide bonds. The number of aliphatic hydroxyl groups is 1. The van der Waals surface area contributed by atoms with Crippen molar-refractivity contribution >= 4 is 16.9 Å². The molecular formula is C30H38N2O4. The summed E-state index contributed by atoms with van der Waals surface area (Å²) in [7, 11) is 1.63. The first-order valence-corrected chi connectivity index (χ1v) is 13.0. The molecule has 6 nitrogen and oxygen atoms in total. The Balaban J connectivity index is 1.39. The number of hydrogen-bond acceptors (Lipinski definition) is 5. The Kier molecular flexibility index (Phi) is 8.60. The van der Waals surface area contributed by atoms with Gasteiger partial charge in [-0.25, -0.2) is 0 Å². The van der Waals surface area contributed by atoms with Crippen molar-refractivity contribution in [2.75, 3.05) is 26.7 Å². The standard InChI is InChI=1S/C30H38N2O4/c1-22-21-31-26-11-10-24(36-2)19-25(26)29(22)27(33)12-13-30(20-28(34)35)14-17-32(18-15-30)16-6-9-23-7-4-3-5-8-23/h3-5,7-8,10-11,19,21,27,33H,6,9,12-18,20H2,1-2H3,(H,34,35)/t27-/m0/s1. The topological polar surface area (TPSA) is 82.9 Å². The van der Waals surface area contributed by atoms with Gasteiger partial charge in [0.15, 0.2) is 0 Å². The lowest BCUT2D eigenvalue weighted by Gasteiger charge is -2.41. The lowest BCUT2D eigenvalue weighted by atomic mass is 9.71. The summed E-state index contributed by atoms with van der Waals surface area (Å²) in [6.45, 7) is 4.81. The highest BCUT2D eigenvalue weighted by molar-refractivity contribution is 5.84. The summed E-state index contributed by atoms with van der Waals surface area (Å²) < 4.78 is 5.40. The van der Waals surface area contributed by atoms with Gasteiger partial charge in [0.05, 0.1) is 25.2 Å². The number of aliphatic carboxylic acids is 1. The summed E-state index contributed by atoms with van der Waals surface area (Å²) >= 11 is 0. The van der Waals surface area contributed by atoms with Gasteiger partial charge in [0.1, 0.15) is 5.75 Å². The minimum atomic E-state index is -0.753. The number of aromatic nitrogens is 1. The quantitative estimate of drug-likeness (QED) is 0.366. The van der Waals surface area contributed by atoms with E-state index >= 15 is 0 Å². The second-order valence-electron chi connectivity index (χ2n) is 10.3. The lowest BCUT2D eigenvalue weighted by molar-refractivity contribution is -0.141. The Hall–Kier alpha value is -2.96. The molecule has 0 unspecified atom stereocenters. The number of likely N-dealkylation sites (tertiary alicyclic amines) is 1. The van der Waals surface area contributed by atoms with Crippen LogP contribution in [0.15, 0.2) is 54.7 Å². The third kappa shape index (κ3) is 6.42. The number of nitrogens with zero attached hydrogens (tertiary/aromatic N) is 2. The highest BCUT2D eigenvalue weighted by Gasteiger charge is 2.37. The molecule has 1 aliphatic heterocycles. The van der Waals surface area contributed by atoms with E-state index in [0.717, 1.165) is 73.1 Å².